The van der Waals surface area contributed by atoms with Crippen LogP contribution in [0, 0.1) is 0 Å². The van der Waals surface area contributed by atoms with Gasteiger partial charge in [0, 0.05) is 6.54 Å². The van der Waals surface area contributed by atoms with Crippen molar-refractivity contribution in [2.24, 2.45) is 0 Å². The lowest BCUT2D eigenvalue weighted by Gasteiger charge is -2.30. The highest BCUT2D eigenvalue weighted by Crippen LogP contribution is 2.20. The summed E-state index contributed by atoms with van der Waals surface area (Å²) in [5, 5.41) is 9.62. The Kier molecular flexibility index (Phi) is 4.57. The standard InChI is InChI=1S/C15H23NO/c1-13(14-6-3-2-4-7-14)9-11-16-10-5-8-15(17)12-16/h2-4,6-7,13,15,17H,5,8-12H2,1H3/t13-,15-/m0/s1. The summed E-state index contributed by atoms with van der Waals surface area (Å²) in [6.07, 6.45) is 3.19. The molecule has 0 aliphatic carbocycles. The number of β-amino-alcohol motifs (C(OH)–C–C–N with tert-alkyl or cyclic N) is 1. The molecule has 2 atom stereocenters. The van der Waals surface area contributed by atoms with E-state index in [4.69, 9.17) is 0 Å². The zero-order valence-electron chi connectivity index (χ0n) is 10.7. The first-order valence-corrected chi connectivity index (χ1v) is 6.71. The van der Waals surface area contributed by atoms with Gasteiger partial charge in [-0.2, -0.15) is 0 Å². The molecule has 2 rings (SSSR count). The van der Waals surface area contributed by atoms with E-state index in [0.29, 0.717) is 5.92 Å². The van der Waals surface area contributed by atoms with Crippen molar-refractivity contribution in [2.45, 2.75) is 38.2 Å². The largest absolute Gasteiger partial charge is 0.392 e. The highest BCUT2D eigenvalue weighted by molar-refractivity contribution is 5.18. The van der Waals surface area contributed by atoms with Gasteiger partial charge in [-0.15, -0.1) is 0 Å². The van der Waals surface area contributed by atoms with Crippen LogP contribution in [-0.4, -0.2) is 35.7 Å². The molecule has 0 aromatic heterocycles. The van der Waals surface area contributed by atoms with Crippen LogP contribution in [0.15, 0.2) is 30.3 Å². The molecule has 1 N–H and O–H groups in total. The summed E-state index contributed by atoms with van der Waals surface area (Å²) in [5.41, 5.74) is 1.42. The number of hydrogen-bond donors (Lipinski definition) is 1. The van der Waals surface area contributed by atoms with Crippen LogP contribution in [0.4, 0.5) is 0 Å². The number of likely N-dealkylation sites (tertiary alicyclic amines) is 1. The molecular weight excluding hydrogens is 210 g/mol. The number of aliphatic hydroxyl groups is 1. The van der Waals surface area contributed by atoms with Crippen LogP contribution < -0.4 is 0 Å². The number of rotatable bonds is 4. The van der Waals surface area contributed by atoms with Crippen LogP contribution in [0.3, 0.4) is 0 Å². The quantitative estimate of drug-likeness (QED) is 0.864. The molecule has 1 heterocycles. The van der Waals surface area contributed by atoms with Gasteiger partial charge < -0.3 is 10.0 Å². The Hall–Kier alpha value is -0.860. The van der Waals surface area contributed by atoms with Gasteiger partial charge in [-0.1, -0.05) is 37.3 Å². The summed E-state index contributed by atoms with van der Waals surface area (Å²) >= 11 is 0. The second-order valence-corrected chi connectivity index (χ2v) is 5.20. The average molecular weight is 233 g/mol. The highest BCUT2D eigenvalue weighted by atomic mass is 16.3. The van der Waals surface area contributed by atoms with E-state index in [1.807, 2.05) is 0 Å². The molecule has 0 spiro atoms. The molecule has 0 radical (unpaired) electrons. The van der Waals surface area contributed by atoms with E-state index in [2.05, 4.69) is 42.2 Å². The molecule has 2 nitrogen and oxygen atoms in total. The first kappa shape index (κ1) is 12.6. The van der Waals surface area contributed by atoms with Crippen molar-refractivity contribution in [3.63, 3.8) is 0 Å². The number of piperidine rings is 1. The monoisotopic (exact) mass is 233 g/mol. The molecule has 17 heavy (non-hydrogen) atoms. The number of benzene rings is 1. The van der Waals surface area contributed by atoms with Crippen molar-refractivity contribution >= 4 is 0 Å². The molecule has 1 aliphatic rings. The number of aliphatic hydroxyl groups excluding tert-OH is 1. The summed E-state index contributed by atoms with van der Waals surface area (Å²) in [7, 11) is 0. The SMILES string of the molecule is C[C@@H](CCN1CCC[C@H](O)C1)c1ccccc1. The van der Waals surface area contributed by atoms with Gasteiger partial charge in [0.15, 0.2) is 0 Å². The molecule has 94 valence electrons. The van der Waals surface area contributed by atoms with E-state index < -0.39 is 0 Å². The third-order valence-electron chi connectivity index (χ3n) is 3.73. The van der Waals surface area contributed by atoms with Crippen molar-refractivity contribution in [1.82, 2.24) is 4.90 Å². The maximum Gasteiger partial charge on any atom is 0.0667 e. The van der Waals surface area contributed by atoms with Crippen LogP contribution in [0.1, 0.15) is 37.7 Å². The zero-order valence-corrected chi connectivity index (χ0v) is 10.7. The van der Waals surface area contributed by atoms with Crippen molar-refractivity contribution < 1.29 is 5.11 Å². The second-order valence-electron chi connectivity index (χ2n) is 5.20. The molecular formula is C15H23NO. The normalized spacial score (nSPS) is 23.5. The molecule has 0 unspecified atom stereocenters. The van der Waals surface area contributed by atoms with Gasteiger partial charge in [-0.3, -0.25) is 0 Å². The topological polar surface area (TPSA) is 23.5 Å². The summed E-state index contributed by atoms with van der Waals surface area (Å²) in [6.45, 7) is 5.41. The van der Waals surface area contributed by atoms with Crippen LogP contribution >= 0.6 is 0 Å². The molecule has 0 amide bonds. The van der Waals surface area contributed by atoms with Crippen LogP contribution in [-0.2, 0) is 0 Å². The minimum absolute atomic E-state index is 0.101. The van der Waals surface area contributed by atoms with Crippen molar-refractivity contribution in [2.75, 3.05) is 19.6 Å². The van der Waals surface area contributed by atoms with Gasteiger partial charge in [-0.25, -0.2) is 0 Å². The fourth-order valence-electron chi connectivity index (χ4n) is 2.56. The Morgan fingerprint density at radius 1 is 1.35 bits per heavy atom. The van der Waals surface area contributed by atoms with Gasteiger partial charge in [-0.05, 0) is 43.8 Å². The average Bonchev–Trinajstić information content (AvgIpc) is 2.37. The fraction of sp³-hybridized carbons (Fsp3) is 0.600. The van der Waals surface area contributed by atoms with Crippen molar-refractivity contribution in [3.05, 3.63) is 35.9 Å². The third-order valence-corrected chi connectivity index (χ3v) is 3.73. The van der Waals surface area contributed by atoms with E-state index in [1.165, 1.54) is 12.0 Å². The second kappa shape index (κ2) is 6.18. The molecule has 1 aromatic carbocycles. The molecule has 0 saturated carbocycles. The zero-order chi connectivity index (χ0) is 12.1. The summed E-state index contributed by atoms with van der Waals surface area (Å²) in [6, 6.07) is 10.7. The fourth-order valence-corrected chi connectivity index (χ4v) is 2.56. The molecule has 1 aliphatic heterocycles. The van der Waals surface area contributed by atoms with E-state index in [0.717, 1.165) is 32.5 Å². The molecule has 0 bridgehead atoms. The number of nitrogens with zero attached hydrogens (tertiary/aromatic N) is 1. The molecule has 1 fully saturated rings. The Bertz CT molecular complexity index is 325. The van der Waals surface area contributed by atoms with Crippen LogP contribution in [0.5, 0.6) is 0 Å². The minimum atomic E-state index is -0.101. The summed E-state index contributed by atoms with van der Waals surface area (Å²) in [5.74, 6) is 0.607. The van der Waals surface area contributed by atoms with Crippen molar-refractivity contribution in [1.29, 1.82) is 0 Å². The van der Waals surface area contributed by atoms with E-state index in [-0.39, 0.29) is 6.10 Å². The highest BCUT2D eigenvalue weighted by Gasteiger charge is 2.17. The lowest BCUT2D eigenvalue weighted by molar-refractivity contribution is 0.0693. The van der Waals surface area contributed by atoms with Gasteiger partial charge in [0.25, 0.3) is 0 Å². The maximum atomic E-state index is 9.62. The van der Waals surface area contributed by atoms with Gasteiger partial charge in [0.1, 0.15) is 0 Å². The predicted octanol–water partition coefficient (Wildman–Crippen LogP) is 2.64. The Labute approximate surface area is 104 Å². The van der Waals surface area contributed by atoms with Crippen LogP contribution in [0.2, 0.25) is 0 Å². The molecule has 1 saturated heterocycles. The van der Waals surface area contributed by atoms with Gasteiger partial charge in [0.05, 0.1) is 6.10 Å². The van der Waals surface area contributed by atoms with E-state index in [9.17, 15) is 5.11 Å². The lowest BCUT2D eigenvalue weighted by atomic mass is 9.97. The Balaban J connectivity index is 1.78. The number of hydrogen-bond acceptors (Lipinski definition) is 2. The smallest absolute Gasteiger partial charge is 0.0667 e. The van der Waals surface area contributed by atoms with Gasteiger partial charge >= 0.3 is 0 Å². The van der Waals surface area contributed by atoms with E-state index >= 15 is 0 Å². The lowest BCUT2D eigenvalue weighted by Crippen LogP contribution is -2.39. The van der Waals surface area contributed by atoms with Crippen molar-refractivity contribution in [3.8, 4) is 0 Å². The first-order valence-electron chi connectivity index (χ1n) is 6.71. The van der Waals surface area contributed by atoms with Gasteiger partial charge in [0.2, 0.25) is 0 Å². The third kappa shape index (κ3) is 3.83. The maximum absolute atomic E-state index is 9.62. The predicted molar refractivity (Wildman–Crippen MR) is 71.2 cm³/mol. The Morgan fingerprint density at radius 2 is 2.12 bits per heavy atom. The first-order chi connectivity index (χ1) is 8.25. The minimum Gasteiger partial charge on any atom is -0.392 e. The molecule has 2 heteroatoms. The molecule has 1 aromatic rings. The summed E-state index contributed by atoms with van der Waals surface area (Å²) in [4.78, 5) is 2.40. The Morgan fingerprint density at radius 3 is 2.82 bits per heavy atom. The van der Waals surface area contributed by atoms with E-state index in [1.54, 1.807) is 0 Å². The summed E-state index contributed by atoms with van der Waals surface area (Å²) < 4.78 is 0. The van der Waals surface area contributed by atoms with Crippen LogP contribution in [0.25, 0.3) is 0 Å².